The summed E-state index contributed by atoms with van der Waals surface area (Å²) in [5.74, 6) is -0.624. The van der Waals surface area contributed by atoms with Gasteiger partial charge in [-0.25, -0.2) is 12.8 Å². The second kappa shape index (κ2) is 9.75. The molecule has 5 nitrogen and oxygen atoms in total. The summed E-state index contributed by atoms with van der Waals surface area (Å²) in [6.07, 6.45) is 1.12. The molecule has 1 N–H and O–H groups in total. The largest absolute Gasteiger partial charge is 0.346 e. The second-order valence-corrected chi connectivity index (χ2v) is 10.3. The SMILES string of the molecule is Cc1cc(C)c(C(C)NC(=O)c2ccc(N(Cc3ccc(F)cc3)S(C)(=O)=O)cc2)cc1C. The van der Waals surface area contributed by atoms with Gasteiger partial charge in [-0.05, 0) is 91.9 Å². The molecule has 174 valence electrons. The van der Waals surface area contributed by atoms with Crippen LogP contribution >= 0.6 is 0 Å². The fourth-order valence-corrected chi connectivity index (χ4v) is 4.63. The van der Waals surface area contributed by atoms with Crippen LogP contribution in [0, 0.1) is 26.6 Å². The predicted octanol–water partition coefficient (Wildman–Crippen LogP) is 5.21. The Morgan fingerprint density at radius 2 is 1.52 bits per heavy atom. The van der Waals surface area contributed by atoms with Crippen molar-refractivity contribution in [2.24, 2.45) is 0 Å². The molecule has 3 aromatic rings. The number of carbonyl (C=O) groups excluding carboxylic acids is 1. The molecule has 1 atom stereocenters. The van der Waals surface area contributed by atoms with E-state index in [9.17, 15) is 17.6 Å². The van der Waals surface area contributed by atoms with Crippen molar-refractivity contribution in [3.05, 3.63) is 99.9 Å². The number of amides is 1. The molecule has 0 aliphatic heterocycles. The van der Waals surface area contributed by atoms with Gasteiger partial charge in [-0.2, -0.15) is 0 Å². The number of benzene rings is 3. The van der Waals surface area contributed by atoms with Gasteiger partial charge in [0.05, 0.1) is 24.5 Å². The Kier molecular flexibility index (Phi) is 7.22. The molecule has 0 aliphatic carbocycles. The Balaban J connectivity index is 1.78. The van der Waals surface area contributed by atoms with Crippen molar-refractivity contribution in [2.75, 3.05) is 10.6 Å². The first-order valence-corrected chi connectivity index (χ1v) is 12.5. The van der Waals surface area contributed by atoms with Crippen molar-refractivity contribution in [3.8, 4) is 0 Å². The minimum absolute atomic E-state index is 0.0632. The number of aryl methyl sites for hydroxylation is 3. The van der Waals surface area contributed by atoms with Gasteiger partial charge in [0, 0.05) is 5.56 Å². The number of halogens is 1. The van der Waals surface area contributed by atoms with E-state index in [0.29, 0.717) is 16.8 Å². The molecule has 0 spiro atoms. The van der Waals surface area contributed by atoms with Crippen molar-refractivity contribution >= 4 is 21.6 Å². The van der Waals surface area contributed by atoms with Crippen LogP contribution in [0.1, 0.15) is 51.1 Å². The fourth-order valence-electron chi connectivity index (χ4n) is 3.74. The average Bonchev–Trinajstić information content (AvgIpc) is 2.75. The molecule has 0 heterocycles. The molecule has 3 rings (SSSR count). The highest BCUT2D eigenvalue weighted by molar-refractivity contribution is 7.92. The minimum atomic E-state index is -3.59. The van der Waals surface area contributed by atoms with Gasteiger partial charge in [0.15, 0.2) is 0 Å². The predicted molar refractivity (Wildman–Crippen MR) is 130 cm³/mol. The molecular weight excluding hydrogens is 439 g/mol. The van der Waals surface area contributed by atoms with Gasteiger partial charge in [0.25, 0.3) is 5.91 Å². The maximum atomic E-state index is 13.2. The van der Waals surface area contributed by atoms with Crippen LogP contribution in [0.25, 0.3) is 0 Å². The van der Waals surface area contributed by atoms with Crippen LogP contribution < -0.4 is 9.62 Å². The molecule has 33 heavy (non-hydrogen) atoms. The number of hydrogen-bond acceptors (Lipinski definition) is 3. The van der Waals surface area contributed by atoms with Crippen LogP contribution in [0.4, 0.5) is 10.1 Å². The van der Waals surface area contributed by atoms with Crippen molar-refractivity contribution < 1.29 is 17.6 Å². The van der Waals surface area contributed by atoms with Gasteiger partial charge in [-0.3, -0.25) is 9.10 Å². The molecular formula is C26H29FN2O3S. The topological polar surface area (TPSA) is 66.5 Å². The van der Waals surface area contributed by atoms with Crippen molar-refractivity contribution in [1.29, 1.82) is 0 Å². The van der Waals surface area contributed by atoms with Crippen LogP contribution in [0.5, 0.6) is 0 Å². The van der Waals surface area contributed by atoms with E-state index in [0.717, 1.165) is 17.4 Å². The first kappa shape index (κ1) is 24.5. The Morgan fingerprint density at radius 1 is 0.939 bits per heavy atom. The van der Waals surface area contributed by atoms with E-state index in [1.807, 2.05) is 20.8 Å². The lowest BCUT2D eigenvalue weighted by Gasteiger charge is -2.23. The summed E-state index contributed by atoms with van der Waals surface area (Å²) in [7, 11) is -3.59. The van der Waals surface area contributed by atoms with E-state index in [1.54, 1.807) is 36.4 Å². The van der Waals surface area contributed by atoms with Crippen LogP contribution in [0.15, 0.2) is 60.7 Å². The summed E-state index contributed by atoms with van der Waals surface area (Å²) in [6.45, 7) is 8.14. The molecule has 1 unspecified atom stereocenters. The third kappa shape index (κ3) is 5.99. The minimum Gasteiger partial charge on any atom is -0.346 e. The summed E-state index contributed by atoms with van der Waals surface area (Å²) in [5, 5.41) is 3.02. The molecule has 7 heteroatoms. The second-order valence-electron chi connectivity index (χ2n) is 8.43. The summed E-state index contributed by atoms with van der Waals surface area (Å²) < 4.78 is 39.2. The van der Waals surface area contributed by atoms with Gasteiger partial charge < -0.3 is 5.32 Å². The normalized spacial score (nSPS) is 12.3. The van der Waals surface area contributed by atoms with Crippen LogP contribution in [0.2, 0.25) is 0 Å². The van der Waals surface area contributed by atoms with Crippen LogP contribution in [-0.2, 0) is 16.6 Å². The monoisotopic (exact) mass is 468 g/mol. The van der Waals surface area contributed by atoms with Crippen molar-refractivity contribution in [1.82, 2.24) is 5.32 Å². The van der Waals surface area contributed by atoms with E-state index in [4.69, 9.17) is 0 Å². The molecule has 0 bridgehead atoms. The quantitative estimate of drug-likeness (QED) is 0.518. The molecule has 0 aliphatic rings. The van der Waals surface area contributed by atoms with Crippen molar-refractivity contribution in [2.45, 2.75) is 40.3 Å². The first-order chi connectivity index (χ1) is 15.5. The standard InChI is InChI=1S/C26H29FN2O3S/c1-17-14-19(3)25(15-18(17)2)20(4)28-26(30)22-8-12-24(13-9-22)29(33(5,31)32)16-21-6-10-23(27)11-7-21/h6-15,20H,16H2,1-5H3,(H,28,30). The zero-order chi connectivity index (χ0) is 24.3. The molecule has 3 aromatic carbocycles. The van der Waals surface area contributed by atoms with E-state index in [-0.39, 0.29) is 24.3 Å². The lowest BCUT2D eigenvalue weighted by Crippen LogP contribution is -2.30. The molecule has 0 saturated heterocycles. The summed E-state index contributed by atoms with van der Waals surface area (Å²) in [5.41, 5.74) is 6.07. The maximum absolute atomic E-state index is 13.2. The summed E-state index contributed by atoms with van der Waals surface area (Å²) in [6, 6.07) is 16.1. The number of nitrogens with zero attached hydrogens (tertiary/aromatic N) is 1. The van der Waals surface area contributed by atoms with Gasteiger partial charge in [-0.1, -0.05) is 24.3 Å². The molecule has 1 amide bonds. The van der Waals surface area contributed by atoms with Gasteiger partial charge in [0.2, 0.25) is 10.0 Å². The highest BCUT2D eigenvalue weighted by Crippen LogP contribution is 2.24. The van der Waals surface area contributed by atoms with E-state index < -0.39 is 10.0 Å². The van der Waals surface area contributed by atoms with E-state index in [1.165, 1.54) is 27.6 Å². The zero-order valence-electron chi connectivity index (χ0n) is 19.5. The smallest absolute Gasteiger partial charge is 0.251 e. The van der Waals surface area contributed by atoms with E-state index >= 15 is 0 Å². The highest BCUT2D eigenvalue weighted by Gasteiger charge is 2.19. The molecule has 0 aromatic heterocycles. The highest BCUT2D eigenvalue weighted by atomic mass is 32.2. The Labute approximate surface area is 195 Å². The molecule has 0 saturated carbocycles. The van der Waals surface area contributed by atoms with E-state index in [2.05, 4.69) is 24.4 Å². The number of sulfonamides is 1. The average molecular weight is 469 g/mol. The van der Waals surface area contributed by atoms with Gasteiger partial charge in [-0.15, -0.1) is 0 Å². The van der Waals surface area contributed by atoms with Gasteiger partial charge >= 0.3 is 0 Å². The first-order valence-electron chi connectivity index (χ1n) is 10.7. The Bertz CT molecular complexity index is 1250. The third-order valence-corrected chi connectivity index (χ3v) is 6.89. The lowest BCUT2D eigenvalue weighted by molar-refractivity contribution is 0.0940. The molecule has 0 fully saturated rings. The maximum Gasteiger partial charge on any atom is 0.251 e. The summed E-state index contributed by atoms with van der Waals surface area (Å²) >= 11 is 0. The number of carbonyl (C=O) groups is 1. The van der Waals surface area contributed by atoms with Crippen LogP contribution in [-0.4, -0.2) is 20.6 Å². The van der Waals surface area contributed by atoms with Crippen LogP contribution in [0.3, 0.4) is 0 Å². The molecule has 0 radical (unpaired) electrons. The van der Waals surface area contributed by atoms with Crippen molar-refractivity contribution in [3.63, 3.8) is 0 Å². The number of hydrogen-bond donors (Lipinski definition) is 1. The third-order valence-electron chi connectivity index (χ3n) is 5.75. The number of anilines is 1. The Hall–Kier alpha value is -3.19. The fraction of sp³-hybridized carbons (Fsp3) is 0.269. The number of rotatable bonds is 7. The zero-order valence-corrected chi connectivity index (χ0v) is 20.3. The number of nitrogens with one attached hydrogen (secondary N) is 1. The summed E-state index contributed by atoms with van der Waals surface area (Å²) in [4.78, 5) is 12.8. The van der Waals surface area contributed by atoms with Gasteiger partial charge in [0.1, 0.15) is 5.82 Å². The Morgan fingerprint density at radius 3 is 2.09 bits per heavy atom. The lowest BCUT2D eigenvalue weighted by atomic mass is 9.96.